The van der Waals surface area contributed by atoms with Gasteiger partial charge in [-0.1, -0.05) is 40.7 Å². The van der Waals surface area contributed by atoms with Crippen LogP contribution >= 0.6 is 15.9 Å². The molecule has 0 amide bonds. The van der Waals surface area contributed by atoms with E-state index in [1.165, 1.54) is 12.1 Å². The summed E-state index contributed by atoms with van der Waals surface area (Å²) in [6, 6.07) is 8.25. The second kappa shape index (κ2) is 7.37. The fourth-order valence-electron chi connectivity index (χ4n) is 2.04. The number of hydrazone groups is 1. The Hall–Kier alpha value is -2.21. The van der Waals surface area contributed by atoms with Crippen LogP contribution in [0.2, 0.25) is 0 Å². The highest BCUT2D eigenvalue weighted by Crippen LogP contribution is 2.20. The average Bonchev–Trinajstić information content (AvgIpc) is 2.46. The maximum Gasteiger partial charge on any atom is 0.136 e. The van der Waals surface area contributed by atoms with Gasteiger partial charge >= 0.3 is 0 Å². The average molecular weight is 380 g/mol. The normalized spacial score (nSPS) is 10.8. The molecule has 2 rings (SSSR count). The van der Waals surface area contributed by atoms with Gasteiger partial charge in [0.05, 0.1) is 11.8 Å². The molecule has 0 radical (unpaired) electrons. The summed E-state index contributed by atoms with van der Waals surface area (Å²) in [5, 5.41) is 6.90. The molecule has 3 nitrogen and oxygen atoms in total. The Morgan fingerprint density at radius 3 is 2.30 bits per heavy atom. The molecular formula is C17H16BrF2N3. The van der Waals surface area contributed by atoms with Crippen molar-refractivity contribution in [2.75, 3.05) is 5.32 Å². The first-order valence-electron chi connectivity index (χ1n) is 6.84. The molecule has 0 aliphatic heterocycles. The molecule has 0 aliphatic carbocycles. The number of hydrogen-bond donors (Lipinski definition) is 2. The highest BCUT2D eigenvalue weighted by atomic mass is 79.9. The van der Waals surface area contributed by atoms with E-state index >= 15 is 0 Å². The molecule has 0 spiro atoms. The highest BCUT2D eigenvalue weighted by molar-refractivity contribution is 9.10. The molecule has 0 aliphatic rings. The zero-order valence-corrected chi connectivity index (χ0v) is 14.3. The second-order valence-electron chi connectivity index (χ2n) is 5.02. The maximum atomic E-state index is 13.7. The van der Waals surface area contributed by atoms with Crippen molar-refractivity contribution in [1.82, 2.24) is 5.43 Å². The van der Waals surface area contributed by atoms with Gasteiger partial charge < -0.3 is 5.32 Å². The Labute approximate surface area is 142 Å². The Morgan fingerprint density at radius 1 is 1.17 bits per heavy atom. The molecule has 0 saturated carbocycles. The third-order valence-corrected chi connectivity index (χ3v) is 3.65. The van der Waals surface area contributed by atoms with Crippen LogP contribution in [0.25, 0.3) is 0 Å². The van der Waals surface area contributed by atoms with E-state index in [0.29, 0.717) is 10.3 Å². The van der Waals surface area contributed by atoms with Crippen molar-refractivity contribution in [2.24, 2.45) is 5.10 Å². The number of aryl methyl sites for hydroxylation is 2. The monoisotopic (exact) mass is 379 g/mol. The van der Waals surface area contributed by atoms with Gasteiger partial charge in [0, 0.05) is 10.2 Å². The van der Waals surface area contributed by atoms with Gasteiger partial charge in [0.15, 0.2) is 0 Å². The molecular weight excluding hydrogens is 364 g/mol. The molecule has 2 N–H and O–H groups in total. The summed E-state index contributed by atoms with van der Waals surface area (Å²) < 4.78 is 27.7. The third-order valence-electron chi connectivity index (χ3n) is 3.19. The van der Waals surface area contributed by atoms with Crippen molar-refractivity contribution in [3.05, 3.63) is 75.5 Å². The van der Waals surface area contributed by atoms with Crippen LogP contribution in [0.4, 0.5) is 14.5 Å². The molecule has 6 heteroatoms. The van der Waals surface area contributed by atoms with Crippen molar-refractivity contribution < 1.29 is 8.78 Å². The summed E-state index contributed by atoms with van der Waals surface area (Å²) in [5.74, 6) is -0.997. The van der Waals surface area contributed by atoms with Crippen LogP contribution in [0.1, 0.15) is 16.7 Å². The zero-order valence-electron chi connectivity index (χ0n) is 12.8. The van der Waals surface area contributed by atoms with Gasteiger partial charge in [0.1, 0.15) is 17.5 Å². The summed E-state index contributed by atoms with van der Waals surface area (Å²) in [6.07, 6.45) is 1.08. The largest absolute Gasteiger partial charge is 0.341 e. The minimum atomic E-state index is -0.698. The van der Waals surface area contributed by atoms with Crippen LogP contribution < -0.4 is 10.7 Å². The van der Waals surface area contributed by atoms with Crippen molar-refractivity contribution in [1.29, 1.82) is 0 Å². The van der Waals surface area contributed by atoms with Gasteiger partial charge in [-0.15, -0.1) is 0 Å². The fraction of sp³-hybridized carbons (Fsp3) is 0.118. The van der Waals surface area contributed by atoms with E-state index in [1.807, 2.05) is 32.0 Å². The van der Waals surface area contributed by atoms with Gasteiger partial charge in [0.2, 0.25) is 0 Å². The van der Waals surface area contributed by atoms with E-state index in [1.54, 1.807) is 0 Å². The lowest BCUT2D eigenvalue weighted by Gasteiger charge is -2.13. The summed E-state index contributed by atoms with van der Waals surface area (Å²) in [4.78, 5) is 0. The van der Waals surface area contributed by atoms with Crippen molar-refractivity contribution in [3.63, 3.8) is 0 Å². The van der Waals surface area contributed by atoms with Gasteiger partial charge in [-0.2, -0.15) is 5.10 Å². The summed E-state index contributed by atoms with van der Waals surface area (Å²) in [5.41, 5.74) is 5.43. The molecule has 0 bridgehead atoms. The summed E-state index contributed by atoms with van der Waals surface area (Å²) in [7, 11) is 0. The van der Waals surface area contributed by atoms with E-state index in [-0.39, 0.29) is 5.56 Å². The first-order valence-corrected chi connectivity index (χ1v) is 7.63. The number of para-hydroxylation sites is 1. The number of halogens is 3. The molecule has 0 saturated heterocycles. The summed E-state index contributed by atoms with van der Waals surface area (Å²) in [6.45, 7) is 7.73. The number of hydrogen-bond acceptors (Lipinski definition) is 3. The number of benzene rings is 2. The quantitative estimate of drug-likeness (QED) is 0.575. The van der Waals surface area contributed by atoms with E-state index in [9.17, 15) is 8.78 Å². The third kappa shape index (κ3) is 4.39. The van der Waals surface area contributed by atoms with E-state index in [0.717, 1.165) is 23.0 Å². The predicted molar refractivity (Wildman–Crippen MR) is 93.5 cm³/mol. The minimum Gasteiger partial charge on any atom is -0.341 e. The Kier molecular flexibility index (Phi) is 5.50. The maximum absolute atomic E-state index is 13.7. The number of rotatable bonds is 5. The SMILES string of the molecule is C=C(N/N=C/c1c(F)cc(Br)cc1F)Nc1c(C)cccc1C. The van der Waals surface area contributed by atoms with E-state index < -0.39 is 11.6 Å². The minimum absolute atomic E-state index is 0.222. The molecule has 0 atom stereocenters. The standard InChI is InChI=1S/C17H16BrF2N3/c1-10-5-4-6-11(2)17(10)22-12(3)23-21-9-14-15(19)7-13(18)8-16(14)20/h4-9,22-23H,3H2,1-2H3/b21-9+. The van der Waals surface area contributed by atoms with Crippen LogP contribution in [-0.4, -0.2) is 6.21 Å². The predicted octanol–water partition coefficient (Wildman–Crippen LogP) is 4.85. The Balaban J connectivity index is 2.05. The van der Waals surface area contributed by atoms with E-state index in [4.69, 9.17) is 0 Å². The molecule has 0 aromatic heterocycles. The fourth-order valence-corrected chi connectivity index (χ4v) is 2.44. The number of nitrogens with zero attached hydrogens (tertiary/aromatic N) is 1. The highest BCUT2D eigenvalue weighted by Gasteiger charge is 2.08. The van der Waals surface area contributed by atoms with Gasteiger partial charge in [-0.25, -0.2) is 8.78 Å². The molecule has 23 heavy (non-hydrogen) atoms. The van der Waals surface area contributed by atoms with Gasteiger partial charge in [0.25, 0.3) is 0 Å². The molecule has 0 unspecified atom stereocenters. The first-order chi connectivity index (χ1) is 10.9. The van der Waals surface area contributed by atoms with Gasteiger partial charge in [-0.3, -0.25) is 5.43 Å². The van der Waals surface area contributed by atoms with Gasteiger partial charge in [-0.05, 0) is 37.1 Å². The summed E-state index contributed by atoms with van der Waals surface area (Å²) >= 11 is 3.02. The van der Waals surface area contributed by atoms with Crippen LogP contribution in [0.5, 0.6) is 0 Å². The second-order valence-corrected chi connectivity index (χ2v) is 5.94. The first kappa shape index (κ1) is 17.1. The topological polar surface area (TPSA) is 36.4 Å². The lowest BCUT2D eigenvalue weighted by atomic mass is 10.1. The molecule has 2 aromatic rings. The molecule has 0 heterocycles. The van der Waals surface area contributed by atoms with Crippen molar-refractivity contribution >= 4 is 27.8 Å². The van der Waals surface area contributed by atoms with Crippen molar-refractivity contribution in [3.8, 4) is 0 Å². The number of nitrogens with one attached hydrogen (secondary N) is 2. The Bertz CT molecular complexity index is 729. The van der Waals surface area contributed by atoms with Crippen LogP contribution in [-0.2, 0) is 0 Å². The zero-order chi connectivity index (χ0) is 17.0. The van der Waals surface area contributed by atoms with Crippen LogP contribution in [0, 0.1) is 25.5 Å². The van der Waals surface area contributed by atoms with Crippen LogP contribution in [0.3, 0.4) is 0 Å². The van der Waals surface area contributed by atoms with Crippen molar-refractivity contribution in [2.45, 2.75) is 13.8 Å². The van der Waals surface area contributed by atoms with E-state index in [2.05, 4.69) is 38.4 Å². The molecule has 2 aromatic carbocycles. The molecule has 120 valence electrons. The molecule has 0 fully saturated rings. The number of anilines is 1. The Morgan fingerprint density at radius 2 is 1.74 bits per heavy atom. The lowest BCUT2D eigenvalue weighted by Crippen LogP contribution is -2.14. The van der Waals surface area contributed by atoms with Crippen LogP contribution in [0.15, 0.2) is 52.3 Å². The lowest BCUT2D eigenvalue weighted by molar-refractivity contribution is 0.578. The smallest absolute Gasteiger partial charge is 0.136 e.